The molecule has 26 heavy (non-hydrogen) atoms. The second-order valence-electron chi connectivity index (χ2n) is 6.99. The van der Waals surface area contributed by atoms with E-state index in [2.05, 4.69) is 23.2 Å². The third-order valence-electron chi connectivity index (χ3n) is 4.86. The Morgan fingerprint density at radius 2 is 2.00 bits per heavy atom. The number of hydrogen-bond donors (Lipinski definition) is 0. The lowest BCUT2D eigenvalue weighted by atomic mass is 9.97. The van der Waals surface area contributed by atoms with E-state index in [0.717, 1.165) is 33.2 Å². The van der Waals surface area contributed by atoms with Crippen molar-refractivity contribution in [1.82, 2.24) is 4.98 Å². The Hall–Kier alpha value is -2.40. The van der Waals surface area contributed by atoms with Crippen molar-refractivity contribution in [1.29, 1.82) is 0 Å². The fourth-order valence-electron chi connectivity index (χ4n) is 3.57. The monoisotopic (exact) mass is 367 g/mol. The van der Waals surface area contributed by atoms with Gasteiger partial charge in [0.1, 0.15) is 5.75 Å². The van der Waals surface area contributed by atoms with Gasteiger partial charge in [-0.2, -0.15) is 0 Å². The van der Waals surface area contributed by atoms with Crippen LogP contribution in [0, 0.1) is 12.8 Å². The molecule has 4 rings (SSSR count). The van der Waals surface area contributed by atoms with Crippen LogP contribution in [0.15, 0.2) is 54.9 Å². The molecule has 5 heteroatoms. The molecule has 0 radical (unpaired) electrons. The number of pyridine rings is 1. The molecular weight excluding hydrogens is 346 g/mol. The molecule has 1 atom stereocenters. The van der Waals surface area contributed by atoms with Crippen molar-refractivity contribution in [2.24, 2.45) is 5.92 Å². The first-order valence-electron chi connectivity index (χ1n) is 8.79. The number of rotatable bonds is 4. The molecule has 0 bridgehead atoms. The SMILES string of the molecule is Cc1cncc(-c2c(OCC3CCS(=O)(=O)C3)ccc3ccccc23)c1. The quantitative estimate of drug-likeness (QED) is 0.699. The van der Waals surface area contributed by atoms with Gasteiger partial charge in [0, 0.05) is 29.4 Å². The number of aryl methyl sites for hydroxylation is 1. The molecule has 1 saturated heterocycles. The van der Waals surface area contributed by atoms with Gasteiger partial charge >= 0.3 is 0 Å². The molecule has 1 fully saturated rings. The highest BCUT2D eigenvalue weighted by Gasteiger charge is 2.28. The van der Waals surface area contributed by atoms with Crippen LogP contribution in [-0.2, 0) is 9.84 Å². The van der Waals surface area contributed by atoms with Crippen LogP contribution in [0.5, 0.6) is 5.75 Å². The van der Waals surface area contributed by atoms with Gasteiger partial charge in [0.15, 0.2) is 9.84 Å². The van der Waals surface area contributed by atoms with E-state index < -0.39 is 9.84 Å². The summed E-state index contributed by atoms with van der Waals surface area (Å²) in [5.41, 5.74) is 3.11. The maximum Gasteiger partial charge on any atom is 0.150 e. The zero-order chi connectivity index (χ0) is 18.1. The molecule has 1 aliphatic heterocycles. The van der Waals surface area contributed by atoms with E-state index >= 15 is 0 Å². The van der Waals surface area contributed by atoms with Gasteiger partial charge in [0.2, 0.25) is 0 Å². The van der Waals surface area contributed by atoms with Crippen LogP contribution in [0.4, 0.5) is 0 Å². The van der Waals surface area contributed by atoms with E-state index in [9.17, 15) is 8.42 Å². The van der Waals surface area contributed by atoms with Gasteiger partial charge < -0.3 is 4.74 Å². The molecule has 134 valence electrons. The fourth-order valence-corrected chi connectivity index (χ4v) is 5.41. The van der Waals surface area contributed by atoms with E-state index in [4.69, 9.17) is 4.74 Å². The van der Waals surface area contributed by atoms with Crippen molar-refractivity contribution >= 4 is 20.6 Å². The lowest BCUT2D eigenvalue weighted by molar-refractivity contribution is 0.264. The van der Waals surface area contributed by atoms with E-state index in [-0.39, 0.29) is 17.4 Å². The molecule has 0 saturated carbocycles. The molecule has 0 N–H and O–H groups in total. The summed E-state index contributed by atoms with van der Waals surface area (Å²) < 4.78 is 29.5. The van der Waals surface area contributed by atoms with Crippen molar-refractivity contribution in [2.45, 2.75) is 13.3 Å². The van der Waals surface area contributed by atoms with Crippen LogP contribution in [0.25, 0.3) is 21.9 Å². The van der Waals surface area contributed by atoms with E-state index in [0.29, 0.717) is 13.0 Å². The highest BCUT2D eigenvalue weighted by atomic mass is 32.2. The van der Waals surface area contributed by atoms with Crippen LogP contribution < -0.4 is 4.74 Å². The Labute approximate surface area is 153 Å². The van der Waals surface area contributed by atoms with Crippen molar-refractivity contribution in [3.8, 4) is 16.9 Å². The summed E-state index contributed by atoms with van der Waals surface area (Å²) in [5.74, 6) is 1.34. The van der Waals surface area contributed by atoms with Gasteiger partial charge in [0.05, 0.1) is 18.1 Å². The Morgan fingerprint density at radius 3 is 2.77 bits per heavy atom. The minimum Gasteiger partial charge on any atom is -0.493 e. The number of fused-ring (bicyclic) bond motifs is 1. The lowest BCUT2D eigenvalue weighted by Gasteiger charge is -2.16. The van der Waals surface area contributed by atoms with Crippen LogP contribution >= 0.6 is 0 Å². The Kier molecular flexibility index (Phi) is 4.41. The van der Waals surface area contributed by atoms with E-state index in [1.165, 1.54) is 0 Å². The summed E-state index contributed by atoms with van der Waals surface area (Å²) >= 11 is 0. The summed E-state index contributed by atoms with van der Waals surface area (Å²) in [6.07, 6.45) is 4.36. The van der Waals surface area contributed by atoms with Crippen molar-refractivity contribution in [2.75, 3.05) is 18.1 Å². The Balaban J connectivity index is 1.73. The number of benzene rings is 2. The van der Waals surface area contributed by atoms with Gasteiger partial charge in [-0.05, 0) is 41.8 Å². The fraction of sp³-hybridized carbons (Fsp3) is 0.286. The highest BCUT2D eigenvalue weighted by molar-refractivity contribution is 7.91. The number of sulfone groups is 1. The first-order chi connectivity index (χ1) is 12.5. The smallest absolute Gasteiger partial charge is 0.150 e. The molecule has 0 spiro atoms. The van der Waals surface area contributed by atoms with E-state index in [1.807, 2.05) is 43.6 Å². The second-order valence-corrected chi connectivity index (χ2v) is 9.22. The first kappa shape index (κ1) is 17.0. The van der Waals surface area contributed by atoms with Gasteiger partial charge in [-0.25, -0.2) is 8.42 Å². The summed E-state index contributed by atoms with van der Waals surface area (Å²) in [6, 6.07) is 14.3. The molecule has 0 amide bonds. The van der Waals surface area contributed by atoms with Gasteiger partial charge in [0.25, 0.3) is 0 Å². The maximum atomic E-state index is 11.7. The minimum atomic E-state index is -2.89. The average molecular weight is 367 g/mol. The number of ether oxygens (including phenoxy) is 1. The van der Waals surface area contributed by atoms with E-state index in [1.54, 1.807) is 0 Å². The lowest BCUT2D eigenvalue weighted by Crippen LogP contribution is -2.14. The Bertz CT molecular complexity index is 1060. The maximum absolute atomic E-state index is 11.7. The third kappa shape index (κ3) is 3.44. The molecule has 4 nitrogen and oxygen atoms in total. The minimum absolute atomic E-state index is 0.0648. The molecule has 3 aromatic rings. The molecule has 1 aromatic heterocycles. The topological polar surface area (TPSA) is 56.3 Å². The summed E-state index contributed by atoms with van der Waals surface area (Å²) in [6.45, 7) is 2.44. The van der Waals surface area contributed by atoms with Gasteiger partial charge in [-0.1, -0.05) is 30.3 Å². The molecule has 2 heterocycles. The summed E-state index contributed by atoms with van der Waals surface area (Å²) in [7, 11) is -2.89. The summed E-state index contributed by atoms with van der Waals surface area (Å²) in [5, 5.41) is 2.25. The van der Waals surface area contributed by atoms with Crippen molar-refractivity contribution < 1.29 is 13.2 Å². The number of hydrogen-bond acceptors (Lipinski definition) is 4. The van der Waals surface area contributed by atoms with Crippen LogP contribution in [0.3, 0.4) is 0 Å². The standard InChI is InChI=1S/C21H21NO3S/c1-15-10-18(12-22-11-15)21-19-5-3-2-4-17(19)6-7-20(21)25-13-16-8-9-26(23,24)14-16/h2-7,10-12,16H,8-9,13-14H2,1H3. The second kappa shape index (κ2) is 6.72. The zero-order valence-corrected chi connectivity index (χ0v) is 15.5. The summed E-state index contributed by atoms with van der Waals surface area (Å²) in [4.78, 5) is 4.33. The normalized spacial score (nSPS) is 18.9. The molecular formula is C21H21NO3S. The number of nitrogens with zero attached hydrogens (tertiary/aromatic N) is 1. The van der Waals surface area contributed by atoms with Crippen LogP contribution in [0.1, 0.15) is 12.0 Å². The first-order valence-corrected chi connectivity index (χ1v) is 10.6. The molecule has 2 aromatic carbocycles. The van der Waals surface area contributed by atoms with Crippen LogP contribution in [0.2, 0.25) is 0 Å². The van der Waals surface area contributed by atoms with Gasteiger partial charge in [-0.3, -0.25) is 4.98 Å². The molecule has 0 aliphatic carbocycles. The van der Waals surface area contributed by atoms with Crippen LogP contribution in [-0.4, -0.2) is 31.5 Å². The van der Waals surface area contributed by atoms with Gasteiger partial charge in [-0.15, -0.1) is 0 Å². The molecule has 1 unspecified atom stereocenters. The number of aromatic nitrogens is 1. The zero-order valence-electron chi connectivity index (χ0n) is 14.7. The largest absolute Gasteiger partial charge is 0.493 e. The van der Waals surface area contributed by atoms with Crippen molar-refractivity contribution in [3.05, 3.63) is 60.4 Å². The predicted molar refractivity (Wildman–Crippen MR) is 104 cm³/mol. The van der Waals surface area contributed by atoms with Crippen molar-refractivity contribution in [3.63, 3.8) is 0 Å². The highest BCUT2D eigenvalue weighted by Crippen LogP contribution is 2.37. The third-order valence-corrected chi connectivity index (χ3v) is 6.69. The Morgan fingerprint density at radius 1 is 1.15 bits per heavy atom. The average Bonchev–Trinajstić information content (AvgIpc) is 2.98. The molecule has 1 aliphatic rings. The predicted octanol–water partition coefficient (Wildman–Crippen LogP) is 4.02.